The molecule has 1 saturated heterocycles. The van der Waals surface area contributed by atoms with Crippen LogP contribution in [0.25, 0.3) is 10.8 Å². The Labute approximate surface area is 197 Å². The fourth-order valence-corrected chi connectivity index (χ4v) is 4.76. The Bertz CT molecular complexity index is 1270. The van der Waals surface area contributed by atoms with Crippen LogP contribution < -0.4 is 5.46 Å². The topological polar surface area (TPSA) is 18.5 Å². The fraction of sp³-hybridized carbons (Fsp3) is 0.267. The van der Waals surface area contributed by atoms with Crippen LogP contribution in [-0.4, -0.2) is 18.3 Å². The molecule has 166 valence electrons. The highest BCUT2D eigenvalue weighted by atomic mass is 16.7. The van der Waals surface area contributed by atoms with Crippen LogP contribution in [-0.2, 0) is 9.31 Å². The molecule has 0 radical (unpaired) electrons. The molecule has 1 fully saturated rings. The summed E-state index contributed by atoms with van der Waals surface area (Å²) in [5.74, 6) is 0.143. The van der Waals surface area contributed by atoms with E-state index >= 15 is 0 Å². The number of benzene rings is 4. The summed E-state index contributed by atoms with van der Waals surface area (Å²) in [6, 6.07) is 32.8. The number of fused-ring (bicyclic) bond motifs is 1. The third-order valence-corrected chi connectivity index (χ3v) is 7.43. The quantitative estimate of drug-likeness (QED) is 0.265. The van der Waals surface area contributed by atoms with Crippen molar-refractivity contribution in [3.05, 3.63) is 113 Å². The van der Waals surface area contributed by atoms with E-state index in [0.717, 1.165) is 5.46 Å². The predicted molar refractivity (Wildman–Crippen MR) is 138 cm³/mol. The van der Waals surface area contributed by atoms with Gasteiger partial charge in [-0.3, -0.25) is 0 Å². The third-order valence-electron chi connectivity index (χ3n) is 7.43. The summed E-state index contributed by atoms with van der Waals surface area (Å²) in [6.45, 7) is 10.6. The molecular weight excluding hydrogens is 403 g/mol. The minimum atomic E-state index is -0.349. The van der Waals surface area contributed by atoms with Gasteiger partial charge in [0.2, 0.25) is 0 Å². The van der Waals surface area contributed by atoms with Crippen molar-refractivity contribution >= 4 is 23.4 Å². The van der Waals surface area contributed by atoms with Crippen molar-refractivity contribution < 1.29 is 9.31 Å². The molecule has 0 N–H and O–H groups in total. The fourth-order valence-electron chi connectivity index (χ4n) is 4.76. The number of hydrogen-bond acceptors (Lipinski definition) is 2. The van der Waals surface area contributed by atoms with Gasteiger partial charge in [0.15, 0.2) is 0 Å². The zero-order valence-electron chi connectivity index (χ0n) is 20.1. The Balaban J connectivity index is 1.59. The molecule has 1 atom stereocenters. The first-order chi connectivity index (χ1) is 15.8. The smallest absolute Gasteiger partial charge is 0.399 e. The van der Waals surface area contributed by atoms with Crippen LogP contribution in [0.5, 0.6) is 0 Å². The zero-order valence-corrected chi connectivity index (χ0v) is 20.1. The number of rotatable bonds is 4. The lowest BCUT2D eigenvalue weighted by molar-refractivity contribution is 0.00578. The molecule has 0 aliphatic carbocycles. The van der Waals surface area contributed by atoms with Gasteiger partial charge in [-0.1, -0.05) is 91.0 Å². The first kappa shape index (κ1) is 21.9. The highest BCUT2D eigenvalue weighted by Gasteiger charge is 2.51. The van der Waals surface area contributed by atoms with Crippen LogP contribution in [0, 0.1) is 6.92 Å². The van der Waals surface area contributed by atoms with Crippen LogP contribution in [0.1, 0.15) is 55.9 Å². The van der Waals surface area contributed by atoms with Crippen molar-refractivity contribution in [3.63, 3.8) is 0 Å². The molecule has 4 aromatic carbocycles. The predicted octanol–water partition coefficient (Wildman–Crippen LogP) is 6.63. The maximum Gasteiger partial charge on any atom is 0.494 e. The van der Waals surface area contributed by atoms with E-state index in [1.165, 1.54) is 33.0 Å². The highest BCUT2D eigenvalue weighted by molar-refractivity contribution is 6.62. The largest absolute Gasteiger partial charge is 0.494 e. The summed E-state index contributed by atoms with van der Waals surface area (Å²) < 4.78 is 12.5. The summed E-state index contributed by atoms with van der Waals surface area (Å²) >= 11 is 0. The zero-order chi connectivity index (χ0) is 23.2. The molecule has 0 bridgehead atoms. The molecule has 0 aromatic heterocycles. The molecule has 5 rings (SSSR count). The van der Waals surface area contributed by atoms with E-state index in [4.69, 9.17) is 9.31 Å². The second kappa shape index (κ2) is 8.16. The minimum Gasteiger partial charge on any atom is -0.399 e. The third kappa shape index (κ3) is 3.90. The molecule has 33 heavy (non-hydrogen) atoms. The molecule has 4 aromatic rings. The van der Waals surface area contributed by atoms with Crippen molar-refractivity contribution in [2.45, 2.75) is 51.7 Å². The van der Waals surface area contributed by atoms with Gasteiger partial charge >= 0.3 is 7.12 Å². The molecule has 2 nitrogen and oxygen atoms in total. The lowest BCUT2D eigenvalue weighted by Crippen LogP contribution is -2.41. The molecule has 0 amide bonds. The van der Waals surface area contributed by atoms with Gasteiger partial charge in [-0.25, -0.2) is 0 Å². The maximum absolute atomic E-state index is 6.27. The SMILES string of the molecule is Cc1ccccc1C(c1ccc(B2OC(C)(C)C(C)(C)O2)cc1)c1cccc2ccccc12. The Morgan fingerprint density at radius 3 is 1.91 bits per heavy atom. The summed E-state index contributed by atoms with van der Waals surface area (Å²) in [5.41, 5.74) is 5.58. The molecule has 0 spiro atoms. The first-order valence-electron chi connectivity index (χ1n) is 11.8. The van der Waals surface area contributed by atoms with Gasteiger partial charge in [0.25, 0.3) is 0 Å². The standard InChI is InChI=1S/C30H31BO2/c1-21-11-6-8-14-25(21)28(27-16-10-13-22-12-7-9-15-26(22)27)23-17-19-24(20-18-23)31-32-29(2,3)30(4,5)33-31/h6-20,28H,1-5H3. The van der Waals surface area contributed by atoms with E-state index in [0.29, 0.717) is 0 Å². The van der Waals surface area contributed by atoms with E-state index in [1.807, 2.05) is 0 Å². The van der Waals surface area contributed by atoms with Gasteiger partial charge in [-0.15, -0.1) is 0 Å². The van der Waals surface area contributed by atoms with E-state index in [-0.39, 0.29) is 24.2 Å². The maximum atomic E-state index is 6.27. The van der Waals surface area contributed by atoms with Crippen molar-refractivity contribution in [3.8, 4) is 0 Å². The highest BCUT2D eigenvalue weighted by Crippen LogP contribution is 2.39. The molecule has 3 heteroatoms. The van der Waals surface area contributed by atoms with Crippen molar-refractivity contribution in [1.82, 2.24) is 0 Å². The number of hydrogen-bond donors (Lipinski definition) is 0. The minimum absolute atomic E-state index is 0.143. The Kier molecular flexibility index (Phi) is 5.43. The lowest BCUT2D eigenvalue weighted by Gasteiger charge is -2.32. The van der Waals surface area contributed by atoms with E-state index in [1.54, 1.807) is 0 Å². The summed E-state index contributed by atoms with van der Waals surface area (Å²) in [7, 11) is -0.349. The van der Waals surface area contributed by atoms with Crippen LogP contribution in [0.2, 0.25) is 0 Å². The summed E-state index contributed by atoms with van der Waals surface area (Å²) in [5, 5.41) is 2.56. The van der Waals surface area contributed by atoms with Crippen LogP contribution in [0.3, 0.4) is 0 Å². The van der Waals surface area contributed by atoms with Gasteiger partial charge < -0.3 is 9.31 Å². The lowest BCUT2D eigenvalue weighted by atomic mass is 9.76. The van der Waals surface area contributed by atoms with Gasteiger partial charge in [0, 0.05) is 5.92 Å². The monoisotopic (exact) mass is 434 g/mol. The second-order valence-electron chi connectivity index (χ2n) is 10.1. The van der Waals surface area contributed by atoms with Crippen LogP contribution in [0.15, 0.2) is 91.0 Å². The Morgan fingerprint density at radius 1 is 0.636 bits per heavy atom. The Hall–Kier alpha value is -2.88. The summed E-state index contributed by atoms with van der Waals surface area (Å²) in [4.78, 5) is 0. The molecule has 1 aliphatic heterocycles. The first-order valence-corrected chi connectivity index (χ1v) is 11.8. The molecule has 1 aliphatic rings. The van der Waals surface area contributed by atoms with Crippen LogP contribution >= 0.6 is 0 Å². The van der Waals surface area contributed by atoms with Gasteiger partial charge in [0.05, 0.1) is 11.2 Å². The van der Waals surface area contributed by atoms with Crippen molar-refractivity contribution in [2.75, 3.05) is 0 Å². The van der Waals surface area contributed by atoms with E-state index in [9.17, 15) is 0 Å². The van der Waals surface area contributed by atoms with Crippen molar-refractivity contribution in [1.29, 1.82) is 0 Å². The average molecular weight is 434 g/mol. The average Bonchev–Trinajstić information content (AvgIpc) is 3.03. The van der Waals surface area contributed by atoms with Crippen LogP contribution in [0.4, 0.5) is 0 Å². The summed E-state index contributed by atoms with van der Waals surface area (Å²) in [6.07, 6.45) is 0. The van der Waals surface area contributed by atoms with Gasteiger partial charge in [0.1, 0.15) is 0 Å². The number of aryl methyl sites for hydroxylation is 1. The van der Waals surface area contributed by atoms with Gasteiger partial charge in [-0.05, 0) is 73.1 Å². The molecule has 0 saturated carbocycles. The second-order valence-corrected chi connectivity index (χ2v) is 10.1. The molecule has 1 unspecified atom stereocenters. The van der Waals surface area contributed by atoms with Gasteiger partial charge in [-0.2, -0.15) is 0 Å². The Morgan fingerprint density at radius 2 is 1.21 bits per heavy atom. The van der Waals surface area contributed by atoms with Crippen molar-refractivity contribution in [2.24, 2.45) is 0 Å². The van der Waals surface area contributed by atoms with E-state index in [2.05, 4.69) is 126 Å². The van der Waals surface area contributed by atoms with E-state index < -0.39 is 0 Å². The molecular formula is C30H31BO2. The normalized spacial score (nSPS) is 17.9. The molecule has 1 heterocycles.